The van der Waals surface area contributed by atoms with Gasteiger partial charge in [-0.3, -0.25) is 15.0 Å². The lowest BCUT2D eigenvalue weighted by molar-refractivity contribution is -0.137. The first-order valence-corrected chi connectivity index (χ1v) is 9.59. The second kappa shape index (κ2) is 9.76. The molecule has 1 heterocycles. The van der Waals surface area contributed by atoms with Crippen molar-refractivity contribution < 1.29 is 32.7 Å². The van der Waals surface area contributed by atoms with Crippen molar-refractivity contribution in [3.63, 3.8) is 0 Å². The standard InChI is InChI=1S/C21H16ClF3N4O4/c1-26-19(30)18-11-15(8-9-27-18)33-14-5-2-12(3-6-14)28-20(31)29(32)13-4-7-17(22)16(10-13)21(23,24)25/h2-11,32H,1H3,(H,26,30)(H,28,31). The topological polar surface area (TPSA) is 104 Å². The molecule has 0 atom stereocenters. The van der Waals surface area contributed by atoms with Crippen LogP contribution in [0.3, 0.4) is 0 Å². The van der Waals surface area contributed by atoms with Crippen molar-refractivity contribution in [3.05, 3.63) is 77.1 Å². The molecule has 1 aromatic heterocycles. The van der Waals surface area contributed by atoms with E-state index in [0.717, 1.165) is 12.1 Å². The number of pyridine rings is 1. The van der Waals surface area contributed by atoms with Gasteiger partial charge < -0.3 is 15.4 Å². The van der Waals surface area contributed by atoms with Crippen LogP contribution in [0.5, 0.6) is 11.5 Å². The molecule has 0 radical (unpaired) electrons. The molecule has 0 aliphatic carbocycles. The Morgan fingerprint density at radius 1 is 1.06 bits per heavy atom. The smallest absolute Gasteiger partial charge is 0.417 e. The van der Waals surface area contributed by atoms with Gasteiger partial charge >= 0.3 is 12.2 Å². The molecule has 33 heavy (non-hydrogen) atoms. The molecule has 0 unspecified atom stereocenters. The molecular weight excluding hydrogens is 465 g/mol. The molecule has 8 nitrogen and oxygen atoms in total. The number of nitrogens with one attached hydrogen (secondary N) is 2. The van der Waals surface area contributed by atoms with E-state index >= 15 is 0 Å². The Labute approximate surface area is 190 Å². The maximum Gasteiger partial charge on any atom is 0.417 e. The van der Waals surface area contributed by atoms with E-state index in [9.17, 15) is 28.0 Å². The highest BCUT2D eigenvalue weighted by Crippen LogP contribution is 2.36. The van der Waals surface area contributed by atoms with Crippen LogP contribution in [-0.4, -0.2) is 29.2 Å². The first-order chi connectivity index (χ1) is 15.6. The Kier molecular flexibility index (Phi) is 7.04. The second-order valence-electron chi connectivity index (χ2n) is 6.49. The van der Waals surface area contributed by atoms with Gasteiger partial charge in [-0.1, -0.05) is 11.6 Å². The van der Waals surface area contributed by atoms with Crippen LogP contribution in [0.4, 0.5) is 29.3 Å². The summed E-state index contributed by atoms with van der Waals surface area (Å²) in [5.41, 5.74) is -1.21. The number of halogens is 4. The van der Waals surface area contributed by atoms with E-state index < -0.39 is 28.5 Å². The number of anilines is 2. The molecule has 3 rings (SSSR count). The quantitative estimate of drug-likeness (QED) is 0.338. The Bertz CT molecular complexity index is 1170. The lowest BCUT2D eigenvalue weighted by Gasteiger charge is -2.18. The molecule has 2 aromatic carbocycles. The predicted molar refractivity (Wildman–Crippen MR) is 114 cm³/mol. The molecular formula is C21H16ClF3N4O4. The molecule has 3 amide bonds. The van der Waals surface area contributed by atoms with Gasteiger partial charge in [-0.15, -0.1) is 0 Å². The summed E-state index contributed by atoms with van der Waals surface area (Å²) in [6, 6.07) is 10.3. The zero-order chi connectivity index (χ0) is 24.2. The molecule has 0 saturated heterocycles. The van der Waals surface area contributed by atoms with E-state index in [1.54, 1.807) is 6.07 Å². The average molecular weight is 481 g/mol. The SMILES string of the molecule is CNC(=O)c1cc(Oc2ccc(NC(=O)N(O)c3ccc(Cl)c(C(F)(F)F)c3)cc2)ccn1. The Morgan fingerprint density at radius 2 is 1.76 bits per heavy atom. The first-order valence-electron chi connectivity index (χ1n) is 9.21. The summed E-state index contributed by atoms with van der Waals surface area (Å²) in [5, 5.41) is 14.3. The number of rotatable bonds is 5. The fourth-order valence-corrected chi connectivity index (χ4v) is 2.85. The summed E-state index contributed by atoms with van der Waals surface area (Å²) in [6.45, 7) is 0. The molecule has 12 heteroatoms. The first kappa shape index (κ1) is 23.8. The third-order valence-corrected chi connectivity index (χ3v) is 4.55. The average Bonchev–Trinajstić information content (AvgIpc) is 2.79. The van der Waals surface area contributed by atoms with Crippen LogP contribution in [0.1, 0.15) is 16.1 Å². The van der Waals surface area contributed by atoms with Crippen LogP contribution in [0.2, 0.25) is 5.02 Å². The molecule has 0 spiro atoms. The second-order valence-corrected chi connectivity index (χ2v) is 6.89. The van der Waals surface area contributed by atoms with Crippen molar-refractivity contribution in [3.8, 4) is 11.5 Å². The minimum absolute atomic E-state index is 0.0350. The van der Waals surface area contributed by atoms with Crippen LogP contribution in [0.25, 0.3) is 0 Å². The van der Waals surface area contributed by atoms with Crippen LogP contribution < -0.4 is 20.4 Å². The third-order valence-electron chi connectivity index (χ3n) is 4.22. The number of urea groups is 1. The molecule has 3 N–H and O–H groups in total. The Morgan fingerprint density at radius 3 is 2.39 bits per heavy atom. The van der Waals surface area contributed by atoms with Crippen LogP contribution in [-0.2, 0) is 6.18 Å². The largest absolute Gasteiger partial charge is 0.457 e. The Balaban J connectivity index is 1.67. The maximum atomic E-state index is 13.0. The minimum atomic E-state index is -4.75. The summed E-state index contributed by atoms with van der Waals surface area (Å²) >= 11 is 5.54. The van der Waals surface area contributed by atoms with Gasteiger partial charge in [-0.05, 0) is 48.5 Å². The molecule has 172 valence electrons. The predicted octanol–water partition coefficient (Wildman–Crippen LogP) is 5.33. The Hall–Kier alpha value is -3.83. The van der Waals surface area contributed by atoms with Crippen LogP contribution >= 0.6 is 11.6 Å². The normalized spacial score (nSPS) is 11.0. The lowest BCUT2D eigenvalue weighted by Crippen LogP contribution is -2.32. The van der Waals surface area contributed by atoms with Crippen LogP contribution in [0.15, 0.2) is 60.8 Å². The molecule has 0 fully saturated rings. The number of ether oxygens (including phenoxy) is 1. The number of hydrogen-bond donors (Lipinski definition) is 3. The number of carbonyl (C=O) groups excluding carboxylic acids is 2. The summed E-state index contributed by atoms with van der Waals surface area (Å²) in [4.78, 5) is 27.8. The monoisotopic (exact) mass is 480 g/mol. The van der Waals surface area contributed by atoms with Gasteiger partial charge in [-0.25, -0.2) is 4.79 Å². The molecule has 3 aromatic rings. The molecule has 0 saturated carbocycles. The zero-order valence-corrected chi connectivity index (χ0v) is 17.6. The highest BCUT2D eigenvalue weighted by atomic mass is 35.5. The van der Waals surface area contributed by atoms with Gasteiger partial charge in [0.1, 0.15) is 17.2 Å². The van der Waals surface area contributed by atoms with E-state index in [4.69, 9.17) is 16.3 Å². The van der Waals surface area contributed by atoms with Gasteiger partial charge in [-0.2, -0.15) is 18.2 Å². The number of hydrogen-bond acceptors (Lipinski definition) is 5. The number of hydroxylamine groups is 1. The van der Waals surface area contributed by atoms with Gasteiger partial charge in [0.15, 0.2) is 0 Å². The highest BCUT2D eigenvalue weighted by Gasteiger charge is 2.34. The number of carbonyl (C=O) groups is 2. The summed E-state index contributed by atoms with van der Waals surface area (Å²) in [5.74, 6) is 0.343. The third kappa shape index (κ3) is 5.90. The minimum Gasteiger partial charge on any atom is -0.457 e. The van der Waals surface area contributed by atoms with Crippen molar-refractivity contribution in [1.29, 1.82) is 0 Å². The lowest BCUT2D eigenvalue weighted by atomic mass is 10.2. The number of benzene rings is 2. The van der Waals surface area contributed by atoms with Crippen molar-refractivity contribution in [2.45, 2.75) is 6.18 Å². The van der Waals surface area contributed by atoms with E-state index in [0.29, 0.717) is 17.6 Å². The van der Waals surface area contributed by atoms with Crippen molar-refractivity contribution >= 4 is 34.9 Å². The fraction of sp³-hybridized carbons (Fsp3) is 0.0952. The van der Waals surface area contributed by atoms with Crippen molar-refractivity contribution in [2.75, 3.05) is 17.4 Å². The number of alkyl halides is 3. The summed E-state index contributed by atoms with van der Waals surface area (Å²) in [6.07, 6.45) is -3.35. The molecule has 0 bridgehead atoms. The molecule has 0 aliphatic rings. The van der Waals surface area contributed by atoms with Gasteiger partial charge in [0, 0.05) is 25.0 Å². The number of amides is 3. The number of aromatic nitrogens is 1. The molecule has 0 aliphatic heterocycles. The number of nitrogens with zero attached hydrogens (tertiary/aromatic N) is 2. The highest BCUT2D eigenvalue weighted by molar-refractivity contribution is 6.31. The maximum absolute atomic E-state index is 13.0. The van der Waals surface area contributed by atoms with E-state index in [-0.39, 0.29) is 22.4 Å². The fourth-order valence-electron chi connectivity index (χ4n) is 2.63. The van der Waals surface area contributed by atoms with E-state index in [1.807, 2.05) is 0 Å². The van der Waals surface area contributed by atoms with E-state index in [2.05, 4.69) is 15.6 Å². The summed E-state index contributed by atoms with van der Waals surface area (Å²) < 4.78 is 44.6. The van der Waals surface area contributed by atoms with Gasteiger partial charge in [0.2, 0.25) is 0 Å². The van der Waals surface area contributed by atoms with Crippen LogP contribution in [0, 0.1) is 0 Å². The van der Waals surface area contributed by atoms with E-state index in [1.165, 1.54) is 43.6 Å². The van der Waals surface area contributed by atoms with Gasteiger partial charge in [0.25, 0.3) is 5.91 Å². The zero-order valence-electron chi connectivity index (χ0n) is 16.9. The van der Waals surface area contributed by atoms with Crippen molar-refractivity contribution in [1.82, 2.24) is 10.3 Å². The van der Waals surface area contributed by atoms with Gasteiger partial charge in [0.05, 0.1) is 16.3 Å². The van der Waals surface area contributed by atoms with Crippen molar-refractivity contribution in [2.24, 2.45) is 0 Å². The summed E-state index contributed by atoms with van der Waals surface area (Å²) in [7, 11) is 1.47.